The highest BCUT2D eigenvalue weighted by Gasteiger charge is 1.91. The van der Waals surface area contributed by atoms with Crippen molar-refractivity contribution in [1.82, 2.24) is 0 Å². The van der Waals surface area contributed by atoms with Crippen molar-refractivity contribution in [3.63, 3.8) is 0 Å². The van der Waals surface area contributed by atoms with Gasteiger partial charge in [-0.3, -0.25) is 0 Å². The van der Waals surface area contributed by atoms with Gasteiger partial charge in [-0.25, -0.2) is 0 Å². The summed E-state index contributed by atoms with van der Waals surface area (Å²) in [5, 5.41) is 0. The molecule has 0 unspecified atom stereocenters. The van der Waals surface area contributed by atoms with Gasteiger partial charge >= 0.3 is 0 Å². The summed E-state index contributed by atoms with van der Waals surface area (Å²) in [6, 6.07) is 7.47. The summed E-state index contributed by atoms with van der Waals surface area (Å²) in [5.74, 6) is 0.854. The van der Waals surface area contributed by atoms with Crippen molar-refractivity contribution in [3.8, 4) is 5.75 Å². The highest BCUT2D eigenvalue weighted by molar-refractivity contribution is 6.08. The van der Waals surface area contributed by atoms with Crippen LogP contribution in [0.1, 0.15) is 0 Å². The first-order valence-corrected chi connectivity index (χ1v) is 3.81. The first-order chi connectivity index (χ1) is 5.33. The summed E-state index contributed by atoms with van der Waals surface area (Å²) >= 11 is 0. The number of hydrogen-bond donors (Lipinski definition) is 1. The number of nitrogens with two attached hydrogens (primary N) is 1. The average molecular weight is 149 g/mol. The van der Waals surface area contributed by atoms with Gasteiger partial charge in [0.1, 0.15) is 13.6 Å². The highest BCUT2D eigenvalue weighted by Crippen LogP contribution is 2.14. The van der Waals surface area contributed by atoms with E-state index in [0.717, 1.165) is 24.4 Å². The van der Waals surface area contributed by atoms with Crippen LogP contribution in [-0.4, -0.2) is 14.5 Å². The van der Waals surface area contributed by atoms with Gasteiger partial charge in [0.25, 0.3) is 0 Å². The Labute approximate surface area is 67.8 Å². The van der Waals surface area contributed by atoms with Gasteiger partial charge in [-0.15, -0.1) is 0 Å². The second-order valence-corrected chi connectivity index (χ2v) is 2.42. The molecule has 0 spiro atoms. The first-order valence-electron chi connectivity index (χ1n) is 3.81. The van der Waals surface area contributed by atoms with Crippen molar-refractivity contribution in [2.45, 2.75) is 6.32 Å². The van der Waals surface area contributed by atoms with Crippen molar-refractivity contribution in [3.05, 3.63) is 24.3 Å². The van der Waals surface area contributed by atoms with Gasteiger partial charge in [0.15, 0.2) is 0 Å². The summed E-state index contributed by atoms with van der Waals surface area (Å²) in [6.07, 6.45) is 1.02. The van der Waals surface area contributed by atoms with Crippen LogP contribution in [0.4, 0.5) is 5.69 Å². The fourth-order valence-corrected chi connectivity index (χ4v) is 0.824. The van der Waals surface area contributed by atoms with Crippen molar-refractivity contribution < 1.29 is 4.74 Å². The Balaban J connectivity index is 2.56. The molecule has 0 radical (unpaired) electrons. The quantitative estimate of drug-likeness (QED) is 0.507. The van der Waals surface area contributed by atoms with E-state index >= 15 is 0 Å². The molecule has 11 heavy (non-hydrogen) atoms. The molecule has 0 heterocycles. The predicted molar refractivity (Wildman–Crippen MR) is 49.7 cm³/mol. The van der Waals surface area contributed by atoms with Crippen LogP contribution >= 0.6 is 0 Å². The van der Waals surface area contributed by atoms with E-state index < -0.39 is 0 Å². The van der Waals surface area contributed by atoms with Crippen LogP contribution < -0.4 is 10.5 Å². The number of benzene rings is 1. The molecule has 0 aliphatic carbocycles. The van der Waals surface area contributed by atoms with Crippen molar-refractivity contribution in [2.75, 3.05) is 12.3 Å². The monoisotopic (exact) mass is 149 g/mol. The molecule has 0 bridgehead atoms. The van der Waals surface area contributed by atoms with Crippen LogP contribution in [0, 0.1) is 0 Å². The Hall–Kier alpha value is -1.12. The van der Waals surface area contributed by atoms with E-state index in [1.807, 2.05) is 24.3 Å². The molecule has 0 aliphatic rings. The van der Waals surface area contributed by atoms with E-state index in [9.17, 15) is 0 Å². The number of anilines is 1. The summed E-state index contributed by atoms with van der Waals surface area (Å²) < 4.78 is 5.36. The van der Waals surface area contributed by atoms with Gasteiger partial charge in [0, 0.05) is 11.8 Å². The molecule has 2 N–H and O–H groups in total. The molecule has 1 rings (SSSR count). The molecule has 0 saturated heterocycles. The topological polar surface area (TPSA) is 35.2 Å². The van der Waals surface area contributed by atoms with Crippen LogP contribution in [-0.2, 0) is 0 Å². The van der Waals surface area contributed by atoms with Crippen molar-refractivity contribution >= 4 is 13.5 Å². The molecule has 3 heteroatoms. The molecule has 0 amide bonds. The maximum atomic E-state index is 5.55. The molecular weight excluding hydrogens is 137 g/mol. The van der Waals surface area contributed by atoms with Gasteiger partial charge in [-0.05, 0) is 18.5 Å². The lowest BCUT2D eigenvalue weighted by Crippen LogP contribution is -1.96. The van der Waals surface area contributed by atoms with E-state index in [1.54, 1.807) is 0 Å². The van der Waals surface area contributed by atoms with E-state index in [0.29, 0.717) is 0 Å². The second kappa shape index (κ2) is 3.91. The molecule has 1 aromatic carbocycles. The lowest BCUT2D eigenvalue weighted by molar-refractivity contribution is 0.340. The Morgan fingerprint density at radius 2 is 2.27 bits per heavy atom. The predicted octanol–water partition coefficient (Wildman–Crippen LogP) is 0.699. The zero-order chi connectivity index (χ0) is 8.10. The molecule has 1 aromatic rings. The lowest BCUT2D eigenvalue weighted by atomic mass is 10.1. The summed E-state index contributed by atoms with van der Waals surface area (Å²) in [4.78, 5) is 0. The maximum absolute atomic E-state index is 5.55. The van der Waals surface area contributed by atoms with Gasteiger partial charge in [0.05, 0.1) is 6.61 Å². The van der Waals surface area contributed by atoms with Crippen molar-refractivity contribution in [1.29, 1.82) is 0 Å². The van der Waals surface area contributed by atoms with E-state index in [2.05, 4.69) is 7.85 Å². The summed E-state index contributed by atoms with van der Waals surface area (Å²) in [5.41, 5.74) is 6.30. The SMILES string of the molecule is BCCOc1cccc(N)c1. The minimum atomic E-state index is 0.749. The molecule has 0 fully saturated rings. The Bertz CT molecular complexity index is 227. The third-order valence-corrected chi connectivity index (χ3v) is 1.33. The number of rotatable bonds is 3. The van der Waals surface area contributed by atoms with Gasteiger partial charge in [-0.1, -0.05) is 6.07 Å². The largest absolute Gasteiger partial charge is 0.494 e. The number of ether oxygens (including phenoxy) is 1. The molecule has 58 valence electrons. The van der Waals surface area contributed by atoms with Crippen LogP contribution in [0.15, 0.2) is 24.3 Å². The molecule has 0 aromatic heterocycles. The minimum Gasteiger partial charge on any atom is -0.494 e. The Morgan fingerprint density at radius 1 is 1.45 bits per heavy atom. The standard InChI is InChI=1S/C8H12BNO/c9-4-5-11-8-3-1-2-7(10)6-8/h1-3,6H,4-5,9-10H2. The zero-order valence-electron chi connectivity index (χ0n) is 6.71. The van der Waals surface area contributed by atoms with Gasteiger partial charge in [0.2, 0.25) is 0 Å². The van der Waals surface area contributed by atoms with E-state index in [-0.39, 0.29) is 0 Å². The molecule has 0 atom stereocenters. The van der Waals surface area contributed by atoms with Crippen LogP contribution in [0.2, 0.25) is 6.32 Å². The van der Waals surface area contributed by atoms with Crippen LogP contribution in [0.25, 0.3) is 0 Å². The second-order valence-electron chi connectivity index (χ2n) is 2.42. The molecule has 0 saturated carbocycles. The zero-order valence-corrected chi connectivity index (χ0v) is 6.71. The van der Waals surface area contributed by atoms with E-state index in [1.165, 1.54) is 0 Å². The fourth-order valence-electron chi connectivity index (χ4n) is 0.824. The summed E-state index contributed by atoms with van der Waals surface area (Å²) in [7, 11) is 2.08. The minimum absolute atomic E-state index is 0.749. The first kappa shape index (κ1) is 7.99. The smallest absolute Gasteiger partial charge is 0.121 e. The molecule has 2 nitrogen and oxygen atoms in total. The fraction of sp³-hybridized carbons (Fsp3) is 0.250. The highest BCUT2D eigenvalue weighted by atomic mass is 16.5. The maximum Gasteiger partial charge on any atom is 0.121 e. The number of hydrogen-bond acceptors (Lipinski definition) is 2. The average Bonchev–Trinajstić information content (AvgIpc) is 2.01. The van der Waals surface area contributed by atoms with Crippen LogP contribution in [0.3, 0.4) is 0 Å². The Kier molecular flexibility index (Phi) is 2.84. The Morgan fingerprint density at radius 3 is 2.91 bits per heavy atom. The van der Waals surface area contributed by atoms with Crippen LogP contribution in [0.5, 0.6) is 5.75 Å². The lowest BCUT2D eigenvalue weighted by Gasteiger charge is -2.03. The van der Waals surface area contributed by atoms with Gasteiger partial charge < -0.3 is 10.5 Å². The molecule has 0 aliphatic heterocycles. The third kappa shape index (κ3) is 2.54. The molecular formula is C8H12BNO. The van der Waals surface area contributed by atoms with E-state index in [4.69, 9.17) is 10.5 Å². The number of nitrogen functional groups attached to an aromatic ring is 1. The normalized spacial score (nSPS) is 9.45. The third-order valence-electron chi connectivity index (χ3n) is 1.33. The van der Waals surface area contributed by atoms with Gasteiger partial charge in [-0.2, -0.15) is 0 Å². The summed E-state index contributed by atoms with van der Waals surface area (Å²) in [6.45, 7) is 0.753. The van der Waals surface area contributed by atoms with Crippen molar-refractivity contribution in [2.24, 2.45) is 0 Å².